The number of carbonyl (C=O) groups excluding carboxylic acids is 2. The number of methoxy groups -OCH3 is 3. The first-order valence-electron chi connectivity index (χ1n) is 10.0. The van der Waals surface area contributed by atoms with E-state index in [1.54, 1.807) is 12.1 Å². The predicted octanol–water partition coefficient (Wildman–Crippen LogP) is 5.54. The summed E-state index contributed by atoms with van der Waals surface area (Å²) in [6.45, 7) is -0.575. The van der Waals surface area contributed by atoms with Crippen molar-refractivity contribution in [1.82, 2.24) is 4.90 Å². The van der Waals surface area contributed by atoms with Crippen molar-refractivity contribution in [3.05, 3.63) is 59.2 Å². The lowest BCUT2D eigenvalue weighted by atomic mass is 10.0. The SMILES string of the molecule is COC(=O)[C@H](Cc1ccccc1)N(Cc1cc(OC)c(OC)cc1CCl)C(=O)OCC(Cl)(Cl)Cl. The molecule has 0 fully saturated rings. The van der Waals surface area contributed by atoms with E-state index in [0.29, 0.717) is 22.6 Å². The molecular weight excluding hydrogens is 528 g/mol. The Kier molecular flexibility index (Phi) is 10.9. The van der Waals surface area contributed by atoms with E-state index in [1.807, 2.05) is 30.3 Å². The zero-order valence-electron chi connectivity index (χ0n) is 18.9. The largest absolute Gasteiger partial charge is 0.493 e. The number of alkyl halides is 4. The molecule has 0 aliphatic rings. The molecule has 186 valence electrons. The number of hydrogen-bond acceptors (Lipinski definition) is 6. The molecule has 0 saturated heterocycles. The Morgan fingerprint density at radius 3 is 2.06 bits per heavy atom. The predicted molar refractivity (Wildman–Crippen MR) is 132 cm³/mol. The molecule has 0 N–H and O–H groups in total. The highest BCUT2D eigenvalue weighted by molar-refractivity contribution is 6.67. The van der Waals surface area contributed by atoms with E-state index in [-0.39, 0.29) is 18.8 Å². The van der Waals surface area contributed by atoms with Crippen LogP contribution in [-0.4, -0.2) is 54.7 Å². The third-order valence-electron chi connectivity index (χ3n) is 4.91. The van der Waals surface area contributed by atoms with E-state index in [2.05, 4.69) is 0 Å². The van der Waals surface area contributed by atoms with Crippen molar-refractivity contribution >= 4 is 58.5 Å². The Labute approximate surface area is 218 Å². The van der Waals surface area contributed by atoms with Crippen molar-refractivity contribution in [2.45, 2.75) is 28.7 Å². The minimum atomic E-state index is -1.83. The molecule has 0 spiro atoms. The lowest BCUT2D eigenvalue weighted by Gasteiger charge is -2.30. The van der Waals surface area contributed by atoms with Crippen LogP contribution in [0.25, 0.3) is 0 Å². The van der Waals surface area contributed by atoms with Crippen LogP contribution in [0.1, 0.15) is 16.7 Å². The molecule has 0 unspecified atom stereocenters. The Morgan fingerprint density at radius 2 is 1.56 bits per heavy atom. The molecule has 7 nitrogen and oxygen atoms in total. The number of carbonyl (C=O) groups is 2. The summed E-state index contributed by atoms with van der Waals surface area (Å²) in [5.41, 5.74) is 2.09. The normalized spacial score (nSPS) is 12.0. The topological polar surface area (TPSA) is 74.3 Å². The van der Waals surface area contributed by atoms with E-state index in [4.69, 9.17) is 65.4 Å². The van der Waals surface area contributed by atoms with Gasteiger partial charge in [-0.15, -0.1) is 11.6 Å². The first-order chi connectivity index (χ1) is 16.1. The molecule has 0 bridgehead atoms. The zero-order valence-corrected chi connectivity index (χ0v) is 21.9. The van der Waals surface area contributed by atoms with Gasteiger partial charge in [-0.25, -0.2) is 9.59 Å². The summed E-state index contributed by atoms with van der Waals surface area (Å²) < 4.78 is 19.1. The highest BCUT2D eigenvalue weighted by atomic mass is 35.6. The van der Waals surface area contributed by atoms with Gasteiger partial charge in [0.15, 0.2) is 11.5 Å². The maximum Gasteiger partial charge on any atom is 0.410 e. The van der Waals surface area contributed by atoms with E-state index in [0.717, 1.165) is 5.56 Å². The second-order valence-corrected chi connectivity index (χ2v) is 9.92. The van der Waals surface area contributed by atoms with Gasteiger partial charge in [-0.3, -0.25) is 4.90 Å². The number of nitrogens with zero attached hydrogens (tertiary/aromatic N) is 1. The molecule has 0 saturated carbocycles. The van der Waals surface area contributed by atoms with Crippen molar-refractivity contribution in [3.63, 3.8) is 0 Å². The minimum absolute atomic E-state index is 0.0618. The van der Waals surface area contributed by atoms with Gasteiger partial charge >= 0.3 is 12.1 Å². The highest BCUT2D eigenvalue weighted by Crippen LogP contribution is 2.33. The van der Waals surface area contributed by atoms with Gasteiger partial charge in [-0.2, -0.15) is 0 Å². The minimum Gasteiger partial charge on any atom is -0.493 e. The van der Waals surface area contributed by atoms with Crippen molar-refractivity contribution < 1.29 is 28.5 Å². The number of amides is 1. The molecule has 0 aromatic heterocycles. The van der Waals surface area contributed by atoms with E-state index in [1.165, 1.54) is 26.2 Å². The first-order valence-corrected chi connectivity index (χ1v) is 11.7. The fourth-order valence-corrected chi connectivity index (χ4v) is 3.65. The summed E-state index contributed by atoms with van der Waals surface area (Å²) in [6, 6.07) is 11.5. The Morgan fingerprint density at radius 1 is 0.971 bits per heavy atom. The molecule has 1 atom stereocenters. The number of halogens is 4. The smallest absolute Gasteiger partial charge is 0.410 e. The molecule has 0 heterocycles. The van der Waals surface area contributed by atoms with Gasteiger partial charge in [-0.1, -0.05) is 65.1 Å². The summed E-state index contributed by atoms with van der Waals surface area (Å²) in [5.74, 6) is 0.385. The molecule has 0 radical (unpaired) electrons. The maximum atomic E-state index is 13.2. The van der Waals surface area contributed by atoms with E-state index < -0.39 is 28.5 Å². The molecule has 34 heavy (non-hydrogen) atoms. The van der Waals surface area contributed by atoms with E-state index in [9.17, 15) is 9.59 Å². The van der Waals surface area contributed by atoms with Gasteiger partial charge in [0.25, 0.3) is 0 Å². The van der Waals surface area contributed by atoms with Crippen molar-refractivity contribution in [2.24, 2.45) is 0 Å². The number of benzene rings is 2. The molecule has 0 aliphatic carbocycles. The van der Waals surface area contributed by atoms with Gasteiger partial charge in [-0.05, 0) is 28.8 Å². The molecule has 2 aromatic rings. The zero-order chi connectivity index (χ0) is 25.3. The average molecular weight is 553 g/mol. The van der Waals surface area contributed by atoms with Gasteiger partial charge in [0.2, 0.25) is 3.79 Å². The lowest BCUT2D eigenvalue weighted by molar-refractivity contribution is -0.146. The van der Waals surface area contributed by atoms with Crippen molar-refractivity contribution in [1.29, 1.82) is 0 Å². The fraction of sp³-hybridized carbons (Fsp3) is 0.391. The average Bonchev–Trinajstić information content (AvgIpc) is 2.83. The van der Waals surface area contributed by atoms with Gasteiger partial charge in [0.1, 0.15) is 12.6 Å². The molecule has 2 rings (SSSR count). The summed E-state index contributed by atoms with van der Waals surface area (Å²) in [4.78, 5) is 27.2. The molecular formula is C23H25Cl4NO6. The third kappa shape index (κ3) is 8.01. The Hall–Kier alpha value is -2.06. The van der Waals surface area contributed by atoms with Crippen LogP contribution in [0, 0.1) is 0 Å². The summed E-state index contributed by atoms with van der Waals surface area (Å²) in [7, 11) is 4.23. The van der Waals surface area contributed by atoms with Crippen LogP contribution < -0.4 is 9.47 Å². The van der Waals surface area contributed by atoms with E-state index >= 15 is 0 Å². The van der Waals surface area contributed by atoms with Gasteiger partial charge < -0.3 is 18.9 Å². The van der Waals surface area contributed by atoms with Crippen LogP contribution in [0.3, 0.4) is 0 Å². The van der Waals surface area contributed by atoms with Crippen LogP contribution in [0.4, 0.5) is 4.79 Å². The van der Waals surface area contributed by atoms with Crippen LogP contribution >= 0.6 is 46.4 Å². The Bertz CT molecular complexity index is 968. The molecule has 1 amide bonds. The monoisotopic (exact) mass is 551 g/mol. The second-order valence-electron chi connectivity index (χ2n) is 7.14. The second kappa shape index (κ2) is 13.1. The maximum absolute atomic E-state index is 13.2. The molecule has 0 aliphatic heterocycles. The first kappa shape index (κ1) is 28.2. The fourth-order valence-electron chi connectivity index (χ4n) is 3.24. The Balaban J connectivity index is 2.51. The lowest BCUT2D eigenvalue weighted by Crippen LogP contribution is -2.47. The van der Waals surface area contributed by atoms with Crippen LogP contribution in [0.5, 0.6) is 11.5 Å². The number of hydrogen-bond donors (Lipinski definition) is 0. The van der Waals surface area contributed by atoms with Crippen LogP contribution in [-0.2, 0) is 33.1 Å². The standard InChI is InChI=1S/C23H25Cl4NO6/c1-31-19-10-16(12-24)17(11-20(19)32-2)13-28(22(30)34-14-23(25,26)27)18(21(29)33-3)9-15-7-5-4-6-8-15/h4-8,10-11,18H,9,12-14H2,1-3H3/t18-/m0/s1. The van der Waals surface area contributed by atoms with Crippen LogP contribution in [0.15, 0.2) is 42.5 Å². The summed E-state index contributed by atoms with van der Waals surface area (Å²) >= 11 is 23.4. The van der Waals surface area contributed by atoms with Crippen molar-refractivity contribution in [3.8, 4) is 11.5 Å². The molecule has 11 heteroatoms. The summed E-state index contributed by atoms with van der Waals surface area (Å²) in [6.07, 6.45) is -0.701. The summed E-state index contributed by atoms with van der Waals surface area (Å²) in [5, 5.41) is 0. The quantitative estimate of drug-likeness (QED) is 0.285. The van der Waals surface area contributed by atoms with Gasteiger partial charge in [0, 0.05) is 12.3 Å². The number of ether oxygens (including phenoxy) is 4. The number of esters is 1. The van der Waals surface area contributed by atoms with Crippen LogP contribution in [0.2, 0.25) is 0 Å². The van der Waals surface area contributed by atoms with Crippen molar-refractivity contribution in [2.75, 3.05) is 27.9 Å². The number of rotatable bonds is 10. The third-order valence-corrected chi connectivity index (χ3v) is 5.52. The highest BCUT2D eigenvalue weighted by Gasteiger charge is 2.34. The molecule has 2 aromatic carbocycles. The van der Waals surface area contributed by atoms with Gasteiger partial charge in [0.05, 0.1) is 27.9 Å².